The Balaban J connectivity index is 1.65. The van der Waals surface area contributed by atoms with Gasteiger partial charge in [-0.25, -0.2) is 15.0 Å². The standard InChI is InChI=1S/C26H39N5O5P2/c1-6-34-37(32,18-38(33,35-7-2)36-8-3)22-15-13-21(14-16-22)28-25-23-26(31(17-27-23)19(4)5)30-24(29-25)20-11-9-10-12-20/h13-17,19-20H,6-12,18H2,1-5H3,(H,28,29,30). The van der Waals surface area contributed by atoms with Crippen molar-refractivity contribution >= 4 is 42.9 Å². The average molecular weight is 564 g/mol. The van der Waals surface area contributed by atoms with Crippen LogP contribution in [0, 0.1) is 0 Å². The first kappa shape index (κ1) is 28.9. The highest BCUT2D eigenvalue weighted by molar-refractivity contribution is 7.78. The second-order valence-electron chi connectivity index (χ2n) is 9.68. The number of hydrogen-bond acceptors (Lipinski definition) is 9. The normalized spacial score (nSPS) is 16.4. The fourth-order valence-corrected chi connectivity index (χ4v) is 10.3. The van der Waals surface area contributed by atoms with Crippen LogP contribution in [-0.4, -0.2) is 45.2 Å². The second kappa shape index (κ2) is 12.4. The van der Waals surface area contributed by atoms with Crippen LogP contribution in [0.25, 0.3) is 11.2 Å². The van der Waals surface area contributed by atoms with E-state index in [0.29, 0.717) is 22.6 Å². The van der Waals surface area contributed by atoms with Gasteiger partial charge in [0.25, 0.3) is 0 Å². The first-order valence-electron chi connectivity index (χ1n) is 13.5. The zero-order valence-corrected chi connectivity index (χ0v) is 24.7. The van der Waals surface area contributed by atoms with Crippen molar-refractivity contribution in [3.05, 3.63) is 36.4 Å². The molecule has 1 aliphatic rings. The minimum absolute atomic E-state index is 0.190. The number of fused-ring (bicyclic) bond motifs is 1. The quantitative estimate of drug-likeness (QED) is 0.220. The van der Waals surface area contributed by atoms with Crippen LogP contribution < -0.4 is 10.6 Å². The molecule has 1 saturated carbocycles. The predicted molar refractivity (Wildman–Crippen MR) is 151 cm³/mol. The molecule has 1 fully saturated rings. The monoisotopic (exact) mass is 563 g/mol. The Labute approximate surface area is 224 Å². The van der Waals surface area contributed by atoms with Gasteiger partial charge < -0.3 is 23.5 Å². The van der Waals surface area contributed by atoms with Gasteiger partial charge in [0.15, 0.2) is 17.0 Å². The van der Waals surface area contributed by atoms with Crippen LogP contribution in [0.15, 0.2) is 30.6 Å². The minimum atomic E-state index is -3.58. The van der Waals surface area contributed by atoms with Gasteiger partial charge in [-0.05, 0) is 71.7 Å². The molecule has 0 bridgehead atoms. The number of nitrogens with one attached hydrogen (secondary N) is 1. The summed E-state index contributed by atoms with van der Waals surface area (Å²) in [4.78, 5) is 14.4. The van der Waals surface area contributed by atoms with E-state index in [2.05, 4.69) is 28.7 Å². The molecular formula is C26H39N5O5P2. The number of rotatable bonds is 13. The molecule has 1 atom stereocenters. The largest absolute Gasteiger partial charge is 0.340 e. The maximum atomic E-state index is 13.9. The van der Waals surface area contributed by atoms with Gasteiger partial charge in [-0.1, -0.05) is 12.8 Å². The summed E-state index contributed by atoms with van der Waals surface area (Å²) in [5.41, 5.74) is 2.28. The molecule has 12 heteroatoms. The molecule has 0 saturated heterocycles. The summed E-state index contributed by atoms with van der Waals surface area (Å²) in [5.74, 6) is 1.53. The highest BCUT2D eigenvalue weighted by Crippen LogP contribution is 2.62. The van der Waals surface area contributed by atoms with Crippen LogP contribution in [0.1, 0.15) is 78.1 Å². The number of nitrogens with zero attached hydrogens (tertiary/aromatic N) is 4. The van der Waals surface area contributed by atoms with E-state index >= 15 is 0 Å². The van der Waals surface area contributed by atoms with Crippen LogP contribution in [0.4, 0.5) is 11.5 Å². The summed E-state index contributed by atoms with van der Waals surface area (Å²) in [6, 6.07) is 7.30. The van der Waals surface area contributed by atoms with Gasteiger partial charge in [0, 0.05) is 23.0 Å². The summed E-state index contributed by atoms with van der Waals surface area (Å²) in [5, 5.41) is 3.85. The van der Waals surface area contributed by atoms with Gasteiger partial charge in [-0.15, -0.1) is 0 Å². The van der Waals surface area contributed by atoms with Gasteiger partial charge in [0.1, 0.15) is 11.7 Å². The van der Waals surface area contributed by atoms with Gasteiger partial charge >= 0.3 is 7.60 Å². The van der Waals surface area contributed by atoms with Crippen LogP contribution >= 0.6 is 15.0 Å². The fourth-order valence-electron chi connectivity index (χ4n) is 4.82. The highest BCUT2D eigenvalue weighted by atomic mass is 31.2. The molecule has 3 aromatic rings. The molecular weight excluding hydrogens is 524 g/mol. The third-order valence-corrected chi connectivity index (χ3v) is 12.5. The summed E-state index contributed by atoms with van der Waals surface area (Å²) in [6.45, 7) is 10.0. The number of imidazole rings is 1. The summed E-state index contributed by atoms with van der Waals surface area (Å²) in [7, 11) is -7.09. The lowest BCUT2D eigenvalue weighted by molar-refractivity contribution is 0.222. The highest BCUT2D eigenvalue weighted by Gasteiger charge is 2.38. The van der Waals surface area contributed by atoms with Crippen molar-refractivity contribution in [1.82, 2.24) is 19.5 Å². The molecule has 1 aliphatic carbocycles. The molecule has 2 aromatic heterocycles. The van der Waals surface area contributed by atoms with E-state index in [4.69, 9.17) is 23.5 Å². The lowest BCUT2D eigenvalue weighted by atomic mass is 10.1. The Kier molecular flexibility index (Phi) is 9.43. The van der Waals surface area contributed by atoms with Crippen molar-refractivity contribution in [3.63, 3.8) is 0 Å². The van der Waals surface area contributed by atoms with Gasteiger partial charge in [0.2, 0.25) is 7.37 Å². The molecule has 208 valence electrons. The molecule has 10 nitrogen and oxygen atoms in total. The van der Waals surface area contributed by atoms with Gasteiger partial charge in [-0.3, -0.25) is 9.13 Å². The zero-order valence-electron chi connectivity index (χ0n) is 22.9. The lowest BCUT2D eigenvalue weighted by Crippen LogP contribution is -2.13. The molecule has 0 aliphatic heterocycles. The Hall–Kier alpha value is -2.09. The van der Waals surface area contributed by atoms with Crippen LogP contribution in [-0.2, 0) is 22.7 Å². The number of anilines is 2. The minimum Gasteiger partial charge on any atom is -0.338 e. The number of hydrogen-bond donors (Lipinski definition) is 1. The Morgan fingerprint density at radius 1 is 0.974 bits per heavy atom. The summed E-state index contributed by atoms with van der Waals surface area (Å²) >= 11 is 0. The molecule has 38 heavy (non-hydrogen) atoms. The summed E-state index contributed by atoms with van der Waals surface area (Å²) < 4.78 is 45.6. The van der Waals surface area contributed by atoms with E-state index in [-0.39, 0.29) is 31.8 Å². The van der Waals surface area contributed by atoms with E-state index in [0.717, 1.165) is 30.0 Å². The third kappa shape index (κ3) is 6.37. The van der Waals surface area contributed by atoms with Crippen molar-refractivity contribution in [2.45, 2.75) is 72.3 Å². The average Bonchev–Trinajstić information content (AvgIpc) is 3.55. The maximum absolute atomic E-state index is 13.9. The van der Waals surface area contributed by atoms with E-state index in [1.807, 2.05) is 18.5 Å². The van der Waals surface area contributed by atoms with Crippen molar-refractivity contribution in [2.24, 2.45) is 0 Å². The van der Waals surface area contributed by atoms with E-state index < -0.39 is 15.0 Å². The van der Waals surface area contributed by atoms with Crippen molar-refractivity contribution in [1.29, 1.82) is 0 Å². The molecule has 0 radical (unpaired) electrons. The predicted octanol–water partition coefficient (Wildman–Crippen LogP) is 6.97. The smallest absolute Gasteiger partial charge is 0.338 e. The fraction of sp³-hybridized carbons (Fsp3) is 0.577. The summed E-state index contributed by atoms with van der Waals surface area (Å²) in [6.07, 6.45) is 6.38. The van der Waals surface area contributed by atoms with E-state index in [1.54, 1.807) is 32.9 Å². The van der Waals surface area contributed by atoms with Gasteiger partial charge in [-0.2, -0.15) is 0 Å². The van der Waals surface area contributed by atoms with E-state index in [9.17, 15) is 9.13 Å². The second-order valence-corrected chi connectivity index (χ2v) is 14.7. The zero-order chi connectivity index (χ0) is 27.3. The third-order valence-electron chi connectivity index (χ3n) is 6.59. The first-order valence-corrected chi connectivity index (χ1v) is 17.0. The van der Waals surface area contributed by atoms with Crippen molar-refractivity contribution in [2.75, 3.05) is 31.0 Å². The Morgan fingerprint density at radius 2 is 1.61 bits per heavy atom. The maximum Gasteiger partial charge on any atom is 0.340 e. The Bertz CT molecular complexity index is 1310. The van der Waals surface area contributed by atoms with Gasteiger partial charge in [0.05, 0.1) is 26.1 Å². The molecule has 2 heterocycles. The molecule has 4 rings (SSSR count). The van der Waals surface area contributed by atoms with Crippen molar-refractivity contribution in [3.8, 4) is 0 Å². The van der Waals surface area contributed by atoms with Crippen LogP contribution in [0.3, 0.4) is 0 Å². The SMILES string of the molecule is CCOP(=O)(CP(=O)(OCC)c1ccc(Nc2nc(C3CCCC3)nc3c2ncn3C(C)C)cc1)OCC. The van der Waals surface area contributed by atoms with Crippen molar-refractivity contribution < 1.29 is 22.7 Å². The molecule has 1 aromatic carbocycles. The topological polar surface area (TPSA) is 117 Å². The first-order chi connectivity index (χ1) is 18.2. The van der Waals surface area contributed by atoms with Crippen LogP contribution in [0.5, 0.6) is 0 Å². The molecule has 1 N–H and O–H groups in total. The molecule has 0 amide bonds. The van der Waals surface area contributed by atoms with Crippen LogP contribution in [0.2, 0.25) is 0 Å². The number of benzene rings is 1. The number of aromatic nitrogens is 4. The lowest BCUT2D eigenvalue weighted by Gasteiger charge is -2.24. The molecule has 1 unspecified atom stereocenters. The Morgan fingerprint density at radius 3 is 2.18 bits per heavy atom. The molecule has 0 spiro atoms. The van der Waals surface area contributed by atoms with E-state index in [1.165, 1.54) is 12.8 Å².